The normalized spacial score (nSPS) is 11.8. The Morgan fingerprint density at radius 1 is 1.33 bits per heavy atom. The van der Waals surface area contributed by atoms with Crippen molar-refractivity contribution in [1.29, 1.82) is 0 Å². The van der Waals surface area contributed by atoms with E-state index in [0.29, 0.717) is 0 Å². The Labute approximate surface area is 123 Å². The van der Waals surface area contributed by atoms with E-state index in [1.165, 1.54) is 12.1 Å². The highest BCUT2D eigenvalue weighted by atomic mass is 19.1. The van der Waals surface area contributed by atoms with Crippen molar-refractivity contribution in [3.05, 3.63) is 29.6 Å². The van der Waals surface area contributed by atoms with Crippen molar-refractivity contribution in [2.45, 2.75) is 45.6 Å². The SMILES string of the molecule is CCCCCC(C)NC(=O)Nc1ccc(C(=O)O)cc1F. The first-order valence-electron chi connectivity index (χ1n) is 7.04. The summed E-state index contributed by atoms with van der Waals surface area (Å²) in [5, 5.41) is 13.8. The van der Waals surface area contributed by atoms with Gasteiger partial charge in [0, 0.05) is 6.04 Å². The van der Waals surface area contributed by atoms with Gasteiger partial charge < -0.3 is 15.7 Å². The summed E-state index contributed by atoms with van der Waals surface area (Å²) in [6, 6.07) is 2.85. The fourth-order valence-corrected chi connectivity index (χ4v) is 1.90. The lowest BCUT2D eigenvalue weighted by atomic mass is 10.1. The molecule has 21 heavy (non-hydrogen) atoms. The van der Waals surface area contributed by atoms with Crippen LogP contribution in [0.1, 0.15) is 49.9 Å². The van der Waals surface area contributed by atoms with Crippen LogP contribution in [0.15, 0.2) is 18.2 Å². The summed E-state index contributed by atoms with van der Waals surface area (Å²) >= 11 is 0. The Morgan fingerprint density at radius 2 is 2.05 bits per heavy atom. The number of carboxylic acids is 1. The number of carbonyl (C=O) groups excluding carboxylic acids is 1. The highest BCUT2D eigenvalue weighted by Gasteiger charge is 2.12. The predicted octanol–water partition coefficient (Wildman–Crippen LogP) is 3.61. The highest BCUT2D eigenvalue weighted by Crippen LogP contribution is 2.16. The molecule has 1 aromatic rings. The van der Waals surface area contributed by atoms with Gasteiger partial charge in [0.25, 0.3) is 0 Å². The molecule has 0 aromatic heterocycles. The number of aromatic carboxylic acids is 1. The first-order chi connectivity index (χ1) is 9.93. The molecule has 0 saturated carbocycles. The molecule has 0 aliphatic carbocycles. The minimum Gasteiger partial charge on any atom is -0.478 e. The molecule has 0 aliphatic heterocycles. The van der Waals surface area contributed by atoms with Gasteiger partial charge in [0.05, 0.1) is 11.3 Å². The second-order valence-electron chi connectivity index (χ2n) is 5.00. The van der Waals surface area contributed by atoms with Crippen LogP contribution in [-0.2, 0) is 0 Å². The van der Waals surface area contributed by atoms with Crippen LogP contribution in [0, 0.1) is 5.82 Å². The number of hydrogen-bond donors (Lipinski definition) is 3. The number of halogens is 1. The zero-order chi connectivity index (χ0) is 15.8. The van der Waals surface area contributed by atoms with Crippen molar-refractivity contribution < 1.29 is 19.1 Å². The molecule has 5 nitrogen and oxygen atoms in total. The zero-order valence-electron chi connectivity index (χ0n) is 12.3. The quantitative estimate of drug-likeness (QED) is 0.672. The minimum absolute atomic E-state index is 0.00194. The molecule has 116 valence electrons. The van der Waals surface area contributed by atoms with Crippen LogP contribution in [0.25, 0.3) is 0 Å². The average molecular weight is 296 g/mol. The van der Waals surface area contributed by atoms with Crippen molar-refractivity contribution in [1.82, 2.24) is 5.32 Å². The number of amides is 2. The van der Waals surface area contributed by atoms with E-state index in [1.807, 2.05) is 6.92 Å². The number of hydrogen-bond acceptors (Lipinski definition) is 2. The summed E-state index contributed by atoms with van der Waals surface area (Å²) in [5.41, 5.74) is -0.204. The molecule has 3 N–H and O–H groups in total. The van der Waals surface area contributed by atoms with E-state index in [0.717, 1.165) is 31.7 Å². The van der Waals surface area contributed by atoms with Gasteiger partial charge in [-0.05, 0) is 31.5 Å². The predicted molar refractivity (Wildman–Crippen MR) is 79.1 cm³/mol. The number of nitrogens with one attached hydrogen (secondary N) is 2. The summed E-state index contributed by atoms with van der Waals surface area (Å²) in [4.78, 5) is 22.4. The summed E-state index contributed by atoms with van der Waals surface area (Å²) in [6.07, 6.45) is 4.11. The lowest BCUT2D eigenvalue weighted by Gasteiger charge is -2.14. The molecule has 0 bridgehead atoms. The van der Waals surface area contributed by atoms with Crippen LogP contribution in [0.3, 0.4) is 0 Å². The van der Waals surface area contributed by atoms with E-state index in [2.05, 4.69) is 17.6 Å². The molecule has 0 spiro atoms. The smallest absolute Gasteiger partial charge is 0.335 e. The molecule has 1 atom stereocenters. The number of urea groups is 1. The van der Waals surface area contributed by atoms with Crippen molar-refractivity contribution in [3.8, 4) is 0 Å². The Kier molecular flexibility index (Phi) is 6.65. The Balaban J connectivity index is 2.53. The number of unbranched alkanes of at least 4 members (excludes halogenated alkanes) is 2. The first kappa shape index (κ1) is 16.9. The number of rotatable bonds is 7. The fourth-order valence-electron chi connectivity index (χ4n) is 1.90. The molecule has 0 fully saturated rings. The largest absolute Gasteiger partial charge is 0.478 e. The van der Waals surface area contributed by atoms with Gasteiger partial charge in [-0.1, -0.05) is 26.2 Å². The fraction of sp³-hybridized carbons (Fsp3) is 0.467. The second-order valence-corrected chi connectivity index (χ2v) is 5.00. The lowest BCUT2D eigenvalue weighted by Crippen LogP contribution is -2.36. The molecular weight excluding hydrogens is 275 g/mol. The van der Waals surface area contributed by atoms with Gasteiger partial charge in [0.15, 0.2) is 0 Å². The molecule has 2 amide bonds. The van der Waals surface area contributed by atoms with Crippen LogP contribution < -0.4 is 10.6 Å². The zero-order valence-corrected chi connectivity index (χ0v) is 12.3. The van der Waals surface area contributed by atoms with Crippen LogP contribution in [0.4, 0.5) is 14.9 Å². The average Bonchev–Trinajstić information content (AvgIpc) is 2.41. The van der Waals surface area contributed by atoms with E-state index in [4.69, 9.17) is 5.11 Å². The van der Waals surface area contributed by atoms with Gasteiger partial charge in [0.1, 0.15) is 5.82 Å². The van der Waals surface area contributed by atoms with Crippen molar-refractivity contribution in [3.63, 3.8) is 0 Å². The monoisotopic (exact) mass is 296 g/mol. The standard InChI is InChI=1S/C15H21FN2O3/c1-3-4-5-6-10(2)17-15(21)18-13-8-7-11(14(19)20)9-12(13)16/h7-10H,3-6H2,1-2H3,(H,19,20)(H2,17,18,21). The molecule has 0 radical (unpaired) electrons. The van der Waals surface area contributed by atoms with Crippen LogP contribution >= 0.6 is 0 Å². The van der Waals surface area contributed by atoms with Crippen molar-refractivity contribution in [2.75, 3.05) is 5.32 Å². The van der Waals surface area contributed by atoms with Crippen LogP contribution in [-0.4, -0.2) is 23.1 Å². The van der Waals surface area contributed by atoms with E-state index in [9.17, 15) is 14.0 Å². The first-order valence-corrected chi connectivity index (χ1v) is 7.04. The molecular formula is C15H21FN2O3. The van der Waals surface area contributed by atoms with Crippen molar-refractivity contribution in [2.24, 2.45) is 0 Å². The summed E-state index contributed by atoms with van der Waals surface area (Å²) < 4.78 is 13.7. The van der Waals surface area contributed by atoms with Gasteiger partial charge in [-0.15, -0.1) is 0 Å². The van der Waals surface area contributed by atoms with Gasteiger partial charge in [-0.2, -0.15) is 0 Å². The molecule has 1 aromatic carbocycles. The van der Waals surface area contributed by atoms with E-state index in [-0.39, 0.29) is 17.3 Å². The molecule has 1 rings (SSSR count). The maximum absolute atomic E-state index is 13.7. The van der Waals surface area contributed by atoms with Crippen LogP contribution in [0.5, 0.6) is 0 Å². The van der Waals surface area contributed by atoms with E-state index < -0.39 is 17.8 Å². The molecule has 6 heteroatoms. The third-order valence-corrected chi connectivity index (χ3v) is 3.08. The highest BCUT2D eigenvalue weighted by molar-refractivity contribution is 5.91. The summed E-state index contributed by atoms with van der Waals surface area (Å²) in [5.74, 6) is -1.99. The number of anilines is 1. The Hall–Kier alpha value is -2.11. The molecule has 1 unspecified atom stereocenters. The Morgan fingerprint density at radius 3 is 2.62 bits per heavy atom. The van der Waals surface area contributed by atoms with Gasteiger partial charge in [-0.25, -0.2) is 14.0 Å². The van der Waals surface area contributed by atoms with Crippen LogP contribution in [0.2, 0.25) is 0 Å². The van der Waals surface area contributed by atoms with Gasteiger partial charge in [0.2, 0.25) is 0 Å². The van der Waals surface area contributed by atoms with Gasteiger partial charge in [-0.3, -0.25) is 0 Å². The maximum Gasteiger partial charge on any atom is 0.335 e. The van der Waals surface area contributed by atoms with Crippen molar-refractivity contribution >= 4 is 17.7 Å². The topological polar surface area (TPSA) is 78.4 Å². The number of carboxylic acid groups (broad SMARTS) is 1. The van der Waals surface area contributed by atoms with E-state index in [1.54, 1.807) is 0 Å². The summed E-state index contributed by atoms with van der Waals surface area (Å²) in [6.45, 7) is 3.99. The lowest BCUT2D eigenvalue weighted by molar-refractivity contribution is 0.0696. The van der Waals surface area contributed by atoms with E-state index >= 15 is 0 Å². The third-order valence-electron chi connectivity index (χ3n) is 3.08. The minimum atomic E-state index is -1.21. The number of benzene rings is 1. The molecule has 0 aliphatic rings. The third kappa shape index (κ3) is 5.81. The Bertz CT molecular complexity index is 506. The van der Waals surface area contributed by atoms with Gasteiger partial charge >= 0.3 is 12.0 Å². The molecule has 0 heterocycles. The molecule has 0 saturated heterocycles. The maximum atomic E-state index is 13.7. The summed E-state index contributed by atoms with van der Waals surface area (Å²) in [7, 11) is 0. The number of carbonyl (C=O) groups is 2. The second kappa shape index (κ2) is 8.24.